The maximum Gasteiger partial charge on any atom is 0.147 e. The fraction of sp³-hybridized carbons (Fsp3) is 0.455. The quantitative estimate of drug-likeness (QED) is 0.778. The highest BCUT2D eigenvalue weighted by Gasteiger charge is 2.05. The first-order chi connectivity index (χ1) is 7.92. The van der Waals surface area contributed by atoms with Gasteiger partial charge in [-0.15, -0.1) is 0 Å². The summed E-state index contributed by atoms with van der Waals surface area (Å²) in [4.78, 5) is 0. The van der Waals surface area contributed by atoms with E-state index in [1.54, 1.807) is 0 Å². The van der Waals surface area contributed by atoms with E-state index in [4.69, 9.17) is 10.5 Å². The van der Waals surface area contributed by atoms with Crippen molar-refractivity contribution in [3.63, 3.8) is 0 Å². The smallest absolute Gasteiger partial charge is 0.147 e. The van der Waals surface area contributed by atoms with Crippen LogP contribution in [-0.4, -0.2) is 27.0 Å². The van der Waals surface area contributed by atoms with Gasteiger partial charge in [-0.3, -0.25) is 0 Å². The first kappa shape index (κ1) is 13.9. The number of hydrogen-bond donors (Lipinski definition) is 1. The number of rotatable bonds is 6. The van der Waals surface area contributed by atoms with Gasteiger partial charge in [-0.2, -0.15) is 0 Å². The first-order valence-electron chi connectivity index (χ1n) is 5.21. The van der Waals surface area contributed by atoms with Crippen molar-refractivity contribution in [1.29, 1.82) is 0 Å². The summed E-state index contributed by atoms with van der Waals surface area (Å²) in [5.74, 6) is 0.211. The fourth-order valence-electron chi connectivity index (χ4n) is 1.35. The summed E-state index contributed by atoms with van der Waals surface area (Å²) in [5.41, 5.74) is 6.02. The molecule has 0 aliphatic rings. The number of halogens is 1. The van der Waals surface area contributed by atoms with Crippen LogP contribution in [0.1, 0.15) is 12.0 Å². The summed E-state index contributed by atoms with van der Waals surface area (Å²) in [6.07, 6.45) is 1.58. The molecular formula is C11H16FNO3S. The SMILES string of the molecule is CS(=O)(=O)CCCOc1ccc(F)cc1CN. The molecule has 4 nitrogen and oxygen atoms in total. The second-order valence-corrected chi connectivity index (χ2v) is 6.05. The minimum absolute atomic E-state index is 0.0755. The molecule has 0 heterocycles. The molecule has 0 amide bonds. The number of ether oxygens (including phenoxy) is 1. The molecule has 0 atom stereocenters. The lowest BCUT2D eigenvalue weighted by Gasteiger charge is -2.10. The molecule has 0 fully saturated rings. The minimum atomic E-state index is -2.97. The lowest BCUT2D eigenvalue weighted by molar-refractivity contribution is 0.314. The Balaban J connectivity index is 2.52. The summed E-state index contributed by atoms with van der Waals surface area (Å²) in [6.45, 7) is 0.449. The number of hydrogen-bond acceptors (Lipinski definition) is 4. The van der Waals surface area contributed by atoms with E-state index in [9.17, 15) is 12.8 Å². The normalized spacial score (nSPS) is 11.5. The Morgan fingerprint density at radius 3 is 2.71 bits per heavy atom. The van der Waals surface area contributed by atoms with Gasteiger partial charge in [0.2, 0.25) is 0 Å². The number of benzene rings is 1. The van der Waals surface area contributed by atoms with Crippen LogP contribution < -0.4 is 10.5 Å². The molecule has 96 valence electrons. The Morgan fingerprint density at radius 2 is 2.12 bits per heavy atom. The van der Waals surface area contributed by atoms with Crippen molar-refractivity contribution in [1.82, 2.24) is 0 Å². The van der Waals surface area contributed by atoms with Crippen LogP contribution in [0.25, 0.3) is 0 Å². The Kier molecular flexibility index (Phi) is 4.89. The molecule has 0 bridgehead atoms. The van der Waals surface area contributed by atoms with E-state index in [1.807, 2.05) is 0 Å². The van der Waals surface area contributed by atoms with Crippen molar-refractivity contribution in [2.24, 2.45) is 5.73 Å². The van der Waals surface area contributed by atoms with Crippen LogP contribution in [0, 0.1) is 5.82 Å². The lowest BCUT2D eigenvalue weighted by atomic mass is 10.2. The molecule has 0 saturated carbocycles. The average molecular weight is 261 g/mol. The van der Waals surface area contributed by atoms with Crippen molar-refractivity contribution in [2.75, 3.05) is 18.6 Å². The van der Waals surface area contributed by atoms with E-state index >= 15 is 0 Å². The van der Waals surface area contributed by atoms with Gasteiger partial charge in [-0.1, -0.05) is 0 Å². The summed E-state index contributed by atoms with van der Waals surface area (Å²) >= 11 is 0. The van der Waals surface area contributed by atoms with Gasteiger partial charge in [0.15, 0.2) is 0 Å². The Hall–Kier alpha value is -1.14. The molecule has 6 heteroatoms. The molecule has 0 unspecified atom stereocenters. The molecule has 0 aliphatic carbocycles. The largest absolute Gasteiger partial charge is 0.493 e. The maximum absolute atomic E-state index is 12.9. The van der Waals surface area contributed by atoms with Gasteiger partial charge in [-0.25, -0.2) is 12.8 Å². The van der Waals surface area contributed by atoms with E-state index in [2.05, 4.69) is 0 Å². The average Bonchev–Trinajstić information content (AvgIpc) is 2.24. The van der Waals surface area contributed by atoms with Crippen LogP contribution in [0.15, 0.2) is 18.2 Å². The maximum atomic E-state index is 12.9. The number of sulfone groups is 1. The highest BCUT2D eigenvalue weighted by Crippen LogP contribution is 2.19. The van der Waals surface area contributed by atoms with Crippen LogP contribution in [-0.2, 0) is 16.4 Å². The van der Waals surface area contributed by atoms with Gasteiger partial charge in [-0.05, 0) is 24.6 Å². The monoisotopic (exact) mass is 261 g/mol. The predicted octanol–water partition coefficient (Wildman–Crippen LogP) is 1.10. The molecule has 0 spiro atoms. The zero-order valence-corrected chi connectivity index (χ0v) is 10.5. The highest BCUT2D eigenvalue weighted by atomic mass is 32.2. The second-order valence-electron chi connectivity index (χ2n) is 3.79. The molecule has 17 heavy (non-hydrogen) atoms. The molecule has 2 N–H and O–H groups in total. The van der Waals surface area contributed by atoms with Gasteiger partial charge in [0.05, 0.1) is 12.4 Å². The Labute approximate surface area is 101 Å². The van der Waals surface area contributed by atoms with E-state index in [-0.39, 0.29) is 24.7 Å². The highest BCUT2D eigenvalue weighted by molar-refractivity contribution is 7.90. The fourth-order valence-corrected chi connectivity index (χ4v) is 1.99. The van der Waals surface area contributed by atoms with Crippen LogP contribution in [0.3, 0.4) is 0 Å². The summed E-state index contributed by atoms with van der Waals surface area (Å²) < 4.78 is 40.0. The molecular weight excluding hydrogens is 245 g/mol. The van der Waals surface area contributed by atoms with Crippen molar-refractivity contribution in [2.45, 2.75) is 13.0 Å². The van der Waals surface area contributed by atoms with Crippen LogP contribution >= 0.6 is 0 Å². The molecule has 0 aliphatic heterocycles. The van der Waals surface area contributed by atoms with Crippen molar-refractivity contribution < 1.29 is 17.5 Å². The molecule has 1 aromatic rings. The van der Waals surface area contributed by atoms with Gasteiger partial charge in [0, 0.05) is 18.4 Å². The van der Waals surface area contributed by atoms with Crippen molar-refractivity contribution in [3.8, 4) is 5.75 Å². The molecule has 0 aromatic heterocycles. The molecule has 0 radical (unpaired) electrons. The van der Waals surface area contributed by atoms with Crippen LogP contribution in [0.2, 0.25) is 0 Å². The van der Waals surface area contributed by atoms with E-state index in [0.717, 1.165) is 0 Å². The number of nitrogens with two attached hydrogens (primary N) is 1. The van der Waals surface area contributed by atoms with Gasteiger partial charge in [0.25, 0.3) is 0 Å². The van der Waals surface area contributed by atoms with E-state index < -0.39 is 9.84 Å². The predicted molar refractivity (Wildman–Crippen MR) is 64.1 cm³/mol. The molecule has 0 saturated heterocycles. The Bertz CT molecular complexity index is 474. The zero-order chi connectivity index (χ0) is 12.9. The lowest BCUT2D eigenvalue weighted by Crippen LogP contribution is -2.09. The molecule has 1 rings (SSSR count). The Morgan fingerprint density at radius 1 is 1.41 bits per heavy atom. The van der Waals surface area contributed by atoms with Crippen LogP contribution in [0.5, 0.6) is 5.75 Å². The first-order valence-corrected chi connectivity index (χ1v) is 7.27. The summed E-state index contributed by atoms with van der Waals surface area (Å²) in [5, 5.41) is 0. The van der Waals surface area contributed by atoms with Crippen molar-refractivity contribution in [3.05, 3.63) is 29.6 Å². The second kappa shape index (κ2) is 5.97. The van der Waals surface area contributed by atoms with E-state index in [0.29, 0.717) is 17.7 Å². The minimum Gasteiger partial charge on any atom is -0.493 e. The van der Waals surface area contributed by atoms with Gasteiger partial charge < -0.3 is 10.5 Å². The molecule has 1 aromatic carbocycles. The standard InChI is InChI=1S/C11H16FNO3S/c1-17(14,15)6-2-5-16-11-4-3-10(12)7-9(11)8-13/h3-4,7H,2,5-6,8,13H2,1H3. The summed E-state index contributed by atoms with van der Waals surface area (Å²) in [7, 11) is -2.97. The van der Waals surface area contributed by atoms with Crippen LogP contribution in [0.4, 0.5) is 4.39 Å². The van der Waals surface area contributed by atoms with Gasteiger partial charge >= 0.3 is 0 Å². The van der Waals surface area contributed by atoms with Crippen molar-refractivity contribution >= 4 is 9.84 Å². The third-order valence-electron chi connectivity index (χ3n) is 2.16. The zero-order valence-electron chi connectivity index (χ0n) is 9.65. The summed E-state index contributed by atoms with van der Waals surface area (Å²) in [6, 6.07) is 4.09. The third kappa shape index (κ3) is 5.14. The third-order valence-corrected chi connectivity index (χ3v) is 3.19. The topological polar surface area (TPSA) is 69.4 Å². The van der Waals surface area contributed by atoms with E-state index in [1.165, 1.54) is 24.5 Å². The van der Waals surface area contributed by atoms with Gasteiger partial charge in [0.1, 0.15) is 21.4 Å².